The van der Waals surface area contributed by atoms with Gasteiger partial charge in [-0.2, -0.15) is 5.26 Å². The Balaban J connectivity index is 1.82. The van der Waals surface area contributed by atoms with Gasteiger partial charge in [0.2, 0.25) is 5.91 Å². The lowest BCUT2D eigenvalue weighted by Gasteiger charge is -2.38. The highest BCUT2D eigenvalue weighted by molar-refractivity contribution is 5.79. The van der Waals surface area contributed by atoms with Crippen LogP contribution in [0, 0.1) is 17.2 Å². The van der Waals surface area contributed by atoms with Crippen LogP contribution in [0.25, 0.3) is 0 Å². The molecule has 0 N–H and O–H groups in total. The molecule has 0 aromatic rings. The fraction of sp³-hybridized carbons (Fsp3) is 0.857. The normalized spacial score (nSPS) is 24.6. The van der Waals surface area contributed by atoms with Crippen molar-refractivity contribution >= 4 is 5.91 Å². The van der Waals surface area contributed by atoms with Gasteiger partial charge in [-0.3, -0.25) is 9.69 Å². The molecule has 100 valence electrons. The van der Waals surface area contributed by atoms with E-state index in [1.54, 1.807) is 0 Å². The van der Waals surface area contributed by atoms with Gasteiger partial charge in [-0.1, -0.05) is 19.3 Å². The molecule has 2 rings (SSSR count). The molecule has 0 radical (unpaired) electrons. The van der Waals surface area contributed by atoms with Crippen LogP contribution in [-0.2, 0) is 4.79 Å². The molecule has 0 spiro atoms. The van der Waals surface area contributed by atoms with E-state index in [0.717, 1.165) is 39.0 Å². The molecule has 18 heavy (non-hydrogen) atoms. The average molecular weight is 249 g/mol. The van der Waals surface area contributed by atoms with Gasteiger partial charge in [0.25, 0.3) is 0 Å². The second-order valence-electron chi connectivity index (χ2n) is 5.50. The van der Waals surface area contributed by atoms with E-state index < -0.39 is 0 Å². The smallest absolute Gasteiger partial charge is 0.225 e. The molecule has 2 fully saturated rings. The topological polar surface area (TPSA) is 47.3 Å². The Kier molecular flexibility index (Phi) is 4.60. The minimum Gasteiger partial charge on any atom is -0.340 e. The first-order valence-corrected chi connectivity index (χ1v) is 7.15. The zero-order chi connectivity index (χ0) is 13.0. The maximum Gasteiger partial charge on any atom is 0.225 e. The summed E-state index contributed by atoms with van der Waals surface area (Å²) >= 11 is 0. The minimum atomic E-state index is -0.0306. The first-order valence-electron chi connectivity index (χ1n) is 7.15. The van der Waals surface area contributed by atoms with E-state index in [9.17, 15) is 4.79 Å². The van der Waals surface area contributed by atoms with Crippen molar-refractivity contribution in [2.75, 3.05) is 26.2 Å². The van der Waals surface area contributed by atoms with Crippen LogP contribution in [0.2, 0.25) is 0 Å². The predicted octanol–water partition coefficient (Wildman–Crippen LogP) is 1.62. The molecule has 1 heterocycles. The summed E-state index contributed by atoms with van der Waals surface area (Å²) in [6, 6.07) is 2.23. The lowest BCUT2D eigenvalue weighted by atomic mass is 9.88. The monoisotopic (exact) mass is 249 g/mol. The van der Waals surface area contributed by atoms with Gasteiger partial charge in [0.05, 0.1) is 12.1 Å². The zero-order valence-corrected chi connectivity index (χ0v) is 11.3. The molecule has 1 atom stereocenters. The minimum absolute atomic E-state index is 0.0306. The lowest BCUT2D eigenvalue weighted by molar-refractivity contribution is -0.138. The molecular formula is C14H23N3O. The lowest BCUT2D eigenvalue weighted by Crippen LogP contribution is -2.52. The predicted molar refractivity (Wildman–Crippen MR) is 69.8 cm³/mol. The molecular weight excluding hydrogens is 226 g/mol. The summed E-state index contributed by atoms with van der Waals surface area (Å²) in [5.74, 6) is 0.637. The molecule has 1 unspecified atom stereocenters. The number of amides is 1. The molecule has 4 heteroatoms. The summed E-state index contributed by atoms with van der Waals surface area (Å²) in [6.07, 6.45) is 5.86. The SMILES string of the molecule is CC(C#N)N1CCN(C(=O)C2CCCCC2)CC1. The molecule has 0 aromatic carbocycles. The van der Waals surface area contributed by atoms with E-state index in [4.69, 9.17) is 5.26 Å². The summed E-state index contributed by atoms with van der Waals surface area (Å²) < 4.78 is 0. The number of hydrogen-bond donors (Lipinski definition) is 0. The van der Waals surface area contributed by atoms with Crippen LogP contribution in [0.3, 0.4) is 0 Å². The second-order valence-corrected chi connectivity index (χ2v) is 5.50. The fourth-order valence-electron chi connectivity index (χ4n) is 3.02. The quantitative estimate of drug-likeness (QED) is 0.747. The first-order chi connectivity index (χ1) is 8.72. The number of nitrogens with zero attached hydrogens (tertiary/aromatic N) is 3. The average Bonchev–Trinajstić information content (AvgIpc) is 2.47. The molecule has 1 aliphatic carbocycles. The number of hydrogen-bond acceptors (Lipinski definition) is 3. The fourth-order valence-corrected chi connectivity index (χ4v) is 3.02. The van der Waals surface area contributed by atoms with E-state index in [1.807, 2.05) is 11.8 Å². The van der Waals surface area contributed by atoms with Crippen molar-refractivity contribution in [3.8, 4) is 6.07 Å². The van der Waals surface area contributed by atoms with Gasteiger partial charge in [-0.15, -0.1) is 0 Å². The highest BCUT2D eigenvalue weighted by Crippen LogP contribution is 2.25. The summed E-state index contributed by atoms with van der Waals surface area (Å²) in [5, 5.41) is 8.89. The highest BCUT2D eigenvalue weighted by atomic mass is 16.2. The van der Waals surface area contributed by atoms with Crippen LogP contribution >= 0.6 is 0 Å². The molecule has 1 saturated carbocycles. The summed E-state index contributed by atoms with van der Waals surface area (Å²) in [4.78, 5) is 16.5. The Morgan fingerprint density at radius 2 is 1.78 bits per heavy atom. The van der Waals surface area contributed by atoms with Crippen molar-refractivity contribution in [3.05, 3.63) is 0 Å². The molecule has 1 saturated heterocycles. The Morgan fingerprint density at radius 3 is 2.33 bits per heavy atom. The van der Waals surface area contributed by atoms with Crippen molar-refractivity contribution in [2.24, 2.45) is 5.92 Å². The zero-order valence-electron chi connectivity index (χ0n) is 11.3. The van der Waals surface area contributed by atoms with E-state index in [1.165, 1.54) is 19.3 Å². The highest BCUT2D eigenvalue weighted by Gasteiger charge is 2.29. The Bertz CT molecular complexity index is 322. The van der Waals surface area contributed by atoms with E-state index in [0.29, 0.717) is 5.91 Å². The molecule has 0 bridgehead atoms. The van der Waals surface area contributed by atoms with Crippen molar-refractivity contribution < 1.29 is 4.79 Å². The summed E-state index contributed by atoms with van der Waals surface area (Å²) in [7, 11) is 0. The van der Waals surface area contributed by atoms with Crippen LogP contribution in [0.15, 0.2) is 0 Å². The molecule has 1 aliphatic heterocycles. The Morgan fingerprint density at radius 1 is 1.17 bits per heavy atom. The number of carbonyl (C=O) groups excluding carboxylic acids is 1. The van der Waals surface area contributed by atoms with Gasteiger partial charge < -0.3 is 4.90 Å². The van der Waals surface area contributed by atoms with Crippen molar-refractivity contribution in [1.82, 2.24) is 9.80 Å². The molecule has 1 amide bonds. The van der Waals surface area contributed by atoms with E-state index >= 15 is 0 Å². The Hall–Kier alpha value is -1.08. The summed E-state index contributed by atoms with van der Waals surface area (Å²) in [6.45, 7) is 5.20. The van der Waals surface area contributed by atoms with Crippen LogP contribution in [-0.4, -0.2) is 47.9 Å². The maximum absolute atomic E-state index is 12.3. The van der Waals surface area contributed by atoms with Gasteiger partial charge in [0.1, 0.15) is 0 Å². The standard InChI is InChI=1S/C14H23N3O/c1-12(11-15)16-7-9-17(10-8-16)14(18)13-5-3-2-4-6-13/h12-13H,2-10H2,1H3. The van der Waals surface area contributed by atoms with E-state index in [-0.39, 0.29) is 12.0 Å². The summed E-state index contributed by atoms with van der Waals surface area (Å²) in [5.41, 5.74) is 0. The van der Waals surface area contributed by atoms with Gasteiger partial charge in [-0.05, 0) is 19.8 Å². The van der Waals surface area contributed by atoms with E-state index in [2.05, 4.69) is 11.0 Å². The number of piperazine rings is 1. The largest absolute Gasteiger partial charge is 0.340 e. The van der Waals surface area contributed by atoms with Crippen molar-refractivity contribution in [3.63, 3.8) is 0 Å². The molecule has 4 nitrogen and oxygen atoms in total. The molecule has 2 aliphatic rings. The molecule has 0 aromatic heterocycles. The van der Waals surface area contributed by atoms with Gasteiger partial charge in [0.15, 0.2) is 0 Å². The van der Waals surface area contributed by atoms with Crippen LogP contribution in [0.4, 0.5) is 0 Å². The maximum atomic E-state index is 12.3. The number of rotatable bonds is 2. The van der Waals surface area contributed by atoms with Gasteiger partial charge in [-0.25, -0.2) is 0 Å². The third-order valence-electron chi connectivity index (χ3n) is 4.31. The van der Waals surface area contributed by atoms with Crippen LogP contribution < -0.4 is 0 Å². The van der Waals surface area contributed by atoms with Crippen LogP contribution in [0.1, 0.15) is 39.0 Å². The third kappa shape index (κ3) is 3.02. The van der Waals surface area contributed by atoms with Crippen LogP contribution in [0.5, 0.6) is 0 Å². The van der Waals surface area contributed by atoms with Gasteiger partial charge >= 0.3 is 0 Å². The first kappa shape index (κ1) is 13.4. The number of nitriles is 1. The number of carbonyl (C=O) groups is 1. The third-order valence-corrected chi connectivity index (χ3v) is 4.31. The second kappa shape index (κ2) is 6.19. The van der Waals surface area contributed by atoms with Crippen molar-refractivity contribution in [2.45, 2.75) is 45.1 Å². The van der Waals surface area contributed by atoms with Crippen molar-refractivity contribution in [1.29, 1.82) is 5.26 Å². The Labute approximate surface area is 110 Å². The van der Waals surface area contributed by atoms with Gasteiger partial charge in [0, 0.05) is 32.1 Å².